The molecule has 126 valence electrons. The Morgan fingerprint density at radius 2 is 2.04 bits per heavy atom. The molecule has 0 fully saturated rings. The summed E-state index contributed by atoms with van der Waals surface area (Å²) in [5.74, 6) is -0.609. The molecular formula is C16H14F3N3O2. The fraction of sp³-hybridized carbons (Fsp3) is 0.312. The van der Waals surface area contributed by atoms with Crippen LogP contribution < -0.4 is 10.9 Å². The largest absolute Gasteiger partial charge is 0.416 e. The zero-order valence-corrected chi connectivity index (χ0v) is 12.6. The van der Waals surface area contributed by atoms with Crippen molar-refractivity contribution in [3.05, 3.63) is 57.5 Å². The van der Waals surface area contributed by atoms with Gasteiger partial charge in [-0.15, -0.1) is 0 Å². The first-order valence-electron chi connectivity index (χ1n) is 7.40. The maximum Gasteiger partial charge on any atom is 0.416 e. The second kappa shape index (κ2) is 6.10. The fourth-order valence-electron chi connectivity index (χ4n) is 2.66. The molecule has 5 nitrogen and oxygen atoms in total. The van der Waals surface area contributed by atoms with Crippen LogP contribution in [-0.4, -0.2) is 15.7 Å². The van der Waals surface area contributed by atoms with E-state index in [1.54, 1.807) is 0 Å². The summed E-state index contributed by atoms with van der Waals surface area (Å²) >= 11 is 0. The number of aryl methyl sites for hydroxylation is 2. The number of fused-ring (bicyclic) bond motifs is 1. The van der Waals surface area contributed by atoms with Gasteiger partial charge in [0.15, 0.2) is 0 Å². The van der Waals surface area contributed by atoms with Gasteiger partial charge in [0.25, 0.3) is 5.56 Å². The van der Waals surface area contributed by atoms with Crippen LogP contribution in [0.1, 0.15) is 23.2 Å². The van der Waals surface area contributed by atoms with Crippen molar-refractivity contribution in [2.45, 2.75) is 32.0 Å². The van der Waals surface area contributed by atoms with E-state index in [1.165, 1.54) is 18.2 Å². The van der Waals surface area contributed by atoms with Crippen molar-refractivity contribution in [1.29, 1.82) is 0 Å². The molecule has 0 aliphatic heterocycles. The summed E-state index contributed by atoms with van der Waals surface area (Å²) in [6.45, 7) is -0.345. The van der Waals surface area contributed by atoms with Crippen LogP contribution >= 0.6 is 0 Å². The van der Waals surface area contributed by atoms with Crippen LogP contribution in [0.2, 0.25) is 0 Å². The molecule has 1 amide bonds. The Kier molecular flexibility index (Phi) is 4.13. The van der Waals surface area contributed by atoms with Crippen LogP contribution in [0.5, 0.6) is 0 Å². The van der Waals surface area contributed by atoms with E-state index >= 15 is 0 Å². The zero-order chi connectivity index (χ0) is 17.3. The third kappa shape index (κ3) is 3.47. The molecule has 0 saturated heterocycles. The van der Waals surface area contributed by atoms with Crippen LogP contribution in [-0.2, 0) is 30.4 Å². The zero-order valence-electron chi connectivity index (χ0n) is 12.6. The van der Waals surface area contributed by atoms with Crippen LogP contribution in [0.15, 0.2) is 35.1 Å². The normalized spacial score (nSPS) is 13.6. The Hall–Kier alpha value is -2.64. The first kappa shape index (κ1) is 16.2. The number of alkyl halides is 3. The lowest BCUT2D eigenvalue weighted by atomic mass is 10.2. The van der Waals surface area contributed by atoms with E-state index in [-0.39, 0.29) is 12.2 Å². The average molecular weight is 337 g/mol. The maximum absolute atomic E-state index is 12.7. The number of halogens is 3. The van der Waals surface area contributed by atoms with Gasteiger partial charge in [-0.05, 0) is 43.0 Å². The van der Waals surface area contributed by atoms with E-state index in [9.17, 15) is 22.8 Å². The summed E-state index contributed by atoms with van der Waals surface area (Å²) in [7, 11) is 0. The van der Waals surface area contributed by atoms with Gasteiger partial charge in [-0.2, -0.15) is 18.3 Å². The van der Waals surface area contributed by atoms with Crippen LogP contribution in [0.4, 0.5) is 18.9 Å². The smallest absolute Gasteiger partial charge is 0.324 e. The molecule has 8 heteroatoms. The molecule has 0 spiro atoms. The number of nitrogens with zero attached hydrogens (tertiary/aromatic N) is 2. The molecular weight excluding hydrogens is 323 g/mol. The molecule has 0 radical (unpaired) electrons. The minimum absolute atomic E-state index is 0.0176. The number of rotatable bonds is 3. The van der Waals surface area contributed by atoms with Crippen LogP contribution in [0.25, 0.3) is 0 Å². The van der Waals surface area contributed by atoms with Crippen molar-refractivity contribution < 1.29 is 18.0 Å². The molecule has 0 saturated carbocycles. The van der Waals surface area contributed by atoms with Gasteiger partial charge in [-0.1, -0.05) is 6.07 Å². The molecule has 1 N–H and O–H groups in total. The molecule has 1 aliphatic rings. The molecule has 24 heavy (non-hydrogen) atoms. The van der Waals surface area contributed by atoms with Crippen molar-refractivity contribution >= 4 is 11.6 Å². The number of carbonyl (C=O) groups is 1. The van der Waals surface area contributed by atoms with Crippen LogP contribution in [0, 0.1) is 0 Å². The predicted octanol–water partition coefficient (Wildman–Crippen LogP) is 2.39. The van der Waals surface area contributed by atoms with Crippen molar-refractivity contribution in [1.82, 2.24) is 9.78 Å². The Balaban J connectivity index is 1.74. The van der Waals surface area contributed by atoms with Gasteiger partial charge in [0, 0.05) is 11.8 Å². The highest BCUT2D eigenvalue weighted by molar-refractivity contribution is 5.90. The Morgan fingerprint density at radius 3 is 2.79 bits per heavy atom. The topological polar surface area (TPSA) is 64.0 Å². The van der Waals surface area contributed by atoms with E-state index in [2.05, 4.69) is 10.4 Å². The molecule has 0 bridgehead atoms. The molecule has 0 unspecified atom stereocenters. The summed E-state index contributed by atoms with van der Waals surface area (Å²) in [5, 5.41) is 6.51. The molecule has 1 aromatic heterocycles. The first-order chi connectivity index (χ1) is 11.3. The Bertz CT molecular complexity index is 843. The fourth-order valence-corrected chi connectivity index (χ4v) is 2.66. The van der Waals surface area contributed by atoms with Crippen molar-refractivity contribution in [3.63, 3.8) is 0 Å². The number of hydrogen-bond acceptors (Lipinski definition) is 3. The number of nitrogens with one attached hydrogen (secondary N) is 1. The highest BCUT2D eigenvalue weighted by Gasteiger charge is 2.30. The molecule has 3 rings (SSSR count). The average Bonchev–Trinajstić information content (AvgIpc) is 2.94. The van der Waals surface area contributed by atoms with Crippen molar-refractivity contribution in [2.75, 3.05) is 5.32 Å². The molecule has 1 aliphatic carbocycles. The lowest BCUT2D eigenvalue weighted by molar-refractivity contribution is -0.137. The molecule has 1 heterocycles. The van der Waals surface area contributed by atoms with Gasteiger partial charge in [-0.25, -0.2) is 4.68 Å². The lowest BCUT2D eigenvalue weighted by Gasteiger charge is -2.10. The minimum atomic E-state index is -4.49. The van der Waals surface area contributed by atoms with E-state index in [0.717, 1.165) is 47.3 Å². The van der Waals surface area contributed by atoms with E-state index in [0.29, 0.717) is 0 Å². The summed E-state index contributed by atoms with van der Waals surface area (Å²) in [6, 6.07) is 5.79. The summed E-state index contributed by atoms with van der Waals surface area (Å²) in [5.41, 5.74) is 0.461. The first-order valence-corrected chi connectivity index (χ1v) is 7.40. The van der Waals surface area contributed by atoms with Crippen molar-refractivity contribution in [3.8, 4) is 0 Å². The summed E-state index contributed by atoms with van der Waals surface area (Å²) in [6.07, 6.45) is -2.01. The maximum atomic E-state index is 12.7. The summed E-state index contributed by atoms with van der Waals surface area (Å²) < 4.78 is 39.0. The second-order valence-corrected chi connectivity index (χ2v) is 5.59. The number of anilines is 1. The quantitative estimate of drug-likeness (QED) is 0.935. The lowest BCUT2D eigenvalue weighted by Crippen LogP contribution is -2.30. The van der Waals surface area contributed by atoms with Gasteiger partial charge in [-0.3, -0.25) is 9.59 Å². The van der Waals surface area contributed by atoms with Crippen LogP contribution in [0.3, 0.4) is 0 Å². The molecule has 1 aromatic carbocycles. The number of hydrogen-bond donors (Lipinski definition) is 1. The van der Waals surface area contributed by atoms with Gasteiger partial charge in [0.1, 0.15) is 6.54 Å². The number of amides is 1. The minimum Gasteiger partial charge on any atom is -0.324 e. The molecule has 0 atom stereocenters. The monoisotopic (exact) mass is 337 g/mol. The highest BCUT2D eigenvalue weighted by Crippen LogP contribution is 2.30. The second-order valence-electron chi connectivity index (χ2n) is 5.59. The third-order valence-electron chi connectivity index (χ3n) is 3.79. The highest BCUT2D eigenvalue weighted by atomic mass is 19.4. The standard InChI is InChI=1S/C16H14F3N3O2/c17-16(18,19)11-4-2-5-12(8-11)20-14(23)9-22-15(24)7-10-3-1-6-13(10)21-22/h2,4-5,7-8H,1,3,6,9H2,(H,20,23). The van der Waals surface area contributed by atoms with E-state index < -0.39 is 23.2 Å². The molecule has 2 aromatic rings. The van der Waals surface area contributed by atoms with E-state index in [4.69, 9.17) is 0 Å². The Morgan fingerprint density at radius 1 is 1.25 bits per heavy atom. The SMILES string of the molecule is O=C(Cn1nc2c(cc1=O)CCC2)Nc1cccc(C(F)(F)F)c1. The van der Waals surface area contributed by atoms with Gasteiger partial charge < -0.3 is 5.32 Å². The number of benzene rings is 1. The predicted molar refractivity (Wildman–Crippen MR) is 80.6 cm³/mol. The van der Waals surface area contributed by atoms with Gasteiger partial charge >= 0.3 is 6.18 Å². The number of carbonyl (C=O) groups excluding carboxylic acids is 1. The Labute approximate surface area is 135 Å². The third-order valence-corrected chi connectivity index (χ3v) is 3.79. The summed E-state index contributed by atoms with van der Waals surface area (Å²) in [4.78, 5) is 23.9. The number of aromatic nitrogens is 2. The van der Waals surface area contributed by atoms with Gasteiger partial charge in [0.05, 0.1) is 11.3 Å². The van der Waals surface area contributed by atoms with Gasteiger partial charge in [0.2, 0.25) is 5.91 Å². The van der Waals surface area contributed by atoms with Crippen molar-refractivity contribution in [2.24, 2.45) is 0 Å². The van der Waals surface area contributed by atoms with E-state index in [1.807, 2.05) is 0 Å².